The van der Waals surface area contributed by atoms with E-state index in [-0.39, 0.29) is 11.1 Å². The lowest BCUT2D eigenvalue weighted by molar-refractivity contribution is -0.137. The van der Waals surface area contributed by atoms with Gasteiger partial charge < -0.3 is 16.0 Å². The molecule has 3 N–H and O–H groups in total. The standard InChI is InChI=1S/C22H25ClF3N7/c23-17-11-14(5-6-16(17)22(24,25)26)30-21-31-18-12-28-20(29-13-3-1-2-4-13)32-19(18)33(21)15-7-9-27-10-8-15/h5-6,11-13,15,27H,1-4,7-10H2,(H,30,31)(H,28,29,32). The van der Waals surface area contributed by atoms with E-state index in [0.717, 1.165) is 44.8 Å². The number of nitrogens with one attached hydrogen (secondary N) is 3. The Labute approximate surface area is 194 Å². The predicted molar refractivity (Wildman–Crippen MR) is 122 cm³/mol. The second kappa shape index (κ2) is 8.98. The fraction of sp³-hybridized carbons (Fsp3) is 0.500. The molecule has 1 saturated heterocycles. The number of hydrogen-bond acceptors (Lipinski definition) is 6. The van der Waals surface area contributed by atoms with E-state index in [1.807, 2.05) is 4.57 Å². The summed E-state index contributed by atoms with van der Waals surface area (Å²) < 4.78 is 41.3. The molecule has 0 amide bonds. The molecule has 1 saturated carbocycles. The van der Waals surface area contributed by atoms with Crippen molar-refractivity contribution < 1.29 is 13.2 Å². The summed E-state index contributed by atoms with van der Waals surface area (Å²) in [6.45, 7) is 1.74. The molecule has 1 aliphatic carbocycles. The number of fused-ring (bicyclic) bond motifs is 1. The van der Waals surface area contributed by atoms with E-state index in [1.54, 1.807) is 6.20 Å². The average molecular weight is 480 g/mol. The third kappa shape index (κ3) is 4.72. The van der Waals surface area contributed by atoms with E-state index in [1.165, 1.54) is 25.0 Å². The van der Waals surface area contributed by atoms with Crippen LogP contribution in [0, 0.1) is 0 Å². The summed E-state index contributed by atoms with van der Waals surface area (Å²) in [5.74, 6) is 1.09. The lowest BCUT2D eigenvalue weighted by Gasteiger charge is -2.26. The molecule has 3 heterocycles. The number of imidazole rings is 1. The van der Waals surface area contributed by atoms with Crippen molar-refractivity contribution in [3.05, 3.63) is 35.0 Å². The molecular formula is C22H25ClF3N7. The van der Waals surface area contributed by atoms with Gasteiger partial charge in [-0.2, -0.15) is 18.2 Å². The highest BCUT2D eigenvalue weighted by molar-refractivity contribution is 6.31. The highest BCUT2D eigenvalue weighted by Crippen LogP contribution is 2.37. The van der Waals surface area contributed by atoms with Crippen LogP contribution in [0.5, 0.6) is 0 Å². The van der Waals surface area contributed by atoms with Crippen LogP contribution in [0.1, 0.15) is 50.1 Å². The van der Waals surface area contributed by atoms with E-state index in [0.29, 0.717) is 34.8 Å². The highest BCUT2D eigenvalue weighted by atomic mass is 35.5. The van der Waals surface area contributed by atoms with Crippen molar-refractivity contribution in [2.75, 3.05) is 23.7 Å². The van der Waals surface area contributed by atoms with Gasteiger partial charge in [-0.3, -0.25) is 4.57 Å². The maximum atomic E-state index is 13.1. The molecule has 1 aromatic carbocycles. The number of hydrogen-bond donors (Lipinski definition) is 3. The molecule has 1 aliphatic heterocycles. The largest absolute Gasteiger partial charge is 0.417 e. The first-order valence-corrected chi connectivity index (χ1v) is 11.6. The van der Waals surface area contributed by atoms with Crippen molar-refractivity contribution in [2.45, 2.75) is 56.8 Å². The molecule has 0 unspecified atom stereocenters. The number of anilines is 3. The number of alkyl halides is 3. The van der Waals surface area contributed by atoms with Crippen molar-refractivity contribution in [1.82, 2.24) is 24.8 Å². The van der Waals surface area contributed by atoms with Gasteiger partial charge in [0.15, 0.2) is 5.65 Å². The summed E-state index contributed by atoms with van der Waals surface area (Å²) in [5, 5.41) is 9.59. The van der Waals surface area contributed by atoms with Crippen LogP contribution in [0.2, 0.25) is 5.02 Å². The molecule has 0 bridgehead atoms. The Morgan fingerprint density at radius 2 is 1.82 bits per heavy atom. The van der Waals surface area contributed by atoms with Crippen molar-refractivity contribution in [3.8, 4) is 0 Å². The molecule has 0 radical (unpaired) electrons. The number of nitrogens with zero attached hydrogens (tertiary/aromatic N) is 4. The molecule has 5 rings (SSSR count). The molecule has 0 atom stereocenters. The third-order valence-electron chi connectivity index (χ3n) is 6.33. The van der Waals surface area contributed by atoms with E-state index in [9.17, 15) is 13.2 Å². The van der Waals surface area contributed by atoms with Crippen LogP contribution in [0.4, 0.5) is 30.8 Å². The van der Waals surface area contributed by atoms with Crippen molar-refractivity contribution in [3.63, 3.8) is 0 Å². The van der Waals surface area contributed by atoms with Crippen LogP contribution in [0.25, 0.3) is 11.2 Å². The molecule has 7 nitrogen and oxygen atoms in total. The minimum atomic E-state index is -4.50. The van der Waals surface area contributed by atoms with Gasteiger partial charge in [0.25, 0.3) is 0 Å². The van der Waals surface area contributed by atoms with Crippen molar-refractivity contribution >= 4 is 40.3 Å². The van der Waals surface area contributed by atoms with Gasteiger partial charge in [-0.25, -0.2) is 9.97 Å². The van der Waals surface area contributed by atoms with Crippen LogP contribution in [-0.4, -0.2) is 38.7 Å². The quantitative estimate of drug-likeness (QED) is 0.447. The zero-order chi connectivity index (χ0) is 23.0. The van der Waals surface area contributed by atoms with Crippen LogP contribution >= 0.6 is 11.6 Å². The minimum absolute atomic E-state index is 0.151. The Bertz CT molecular complexity index is 1130. The second-order valence-electron chi connectivity index (χ2n) is 8.63. The molecule has 3 aromatic rings. The molecule has 0 spiro atoms. The first kappa shape index (κ1) is 22.2. The van der Waals surface area contributed by atoms with E-state index < -0.39 is 11.7 Å². The maximum Gasteiger partial charge on any atom is 0.417 e. The van der Waals surface area contributed by atoms with E-state index in [2.05, 4.69) is 25.9 Å². The van der Waals surface area contributed by atoms with E-state index >= 15 is 0 Å². The van der Waals surface area contributed by atoms with Gasteiger partial charge in [0, 0.05) is 17.8 Å². The summed E-state index contributed by atoms with van der Waals surface area (Å²) in [6.07, 6.45) is 3.60. The van der Waals surface area contributed by atoms with Crippen LogP contribution in [0.3, 0.4) is 0 Å². The normalized spacial score (nSPS) is 18.2. The Morgan fingerprint density at radius 3 is 2.52 bits per heavy atom. The Hall–Kier alpha value is -2.59. The van der Waals surface area contributed by atoms with Crippen LogP contribution in [-0.2, 0) is 6.18 Å². The summed E-state index contributed by atoms with van der Waals surface area (Å²) >= 11 is 5.92. The molecule has 2 fully saturated rings. The fourth-order valence-electron chi connectivity index (χ4n) is 4.66. The number of halogens is 4. The number of benzene rings is 1. The first-order valence-electron chi connectivity index (χ1n) is 11.2. The maximum absolute atomic E-state index is 13.1. The molecular weight excluding hydrogens is 455 g/mol. The van der Waals surface area contributed by atoms with Crippen molar-refractivity contribution in [2.24, 2.45) is 0 Å². The monoisotopic (exact) mass is 479 g/mol. The molecule has 11 heteroatoms. The van der Waals surface area contributed by atoms with Gasteiger partial charge in [-0.05, 0) is 57.0 Å². The van der Waals surface area contributed by atoms with Gasteiger partial charge in [0.2, 0.25) is 11.9 Å². The Balaban J connectivity index is 1.51. The van der Waals surface area contributed by atoms with Gasteiger partial charge in [0.1, 0.15) is 5.52 Å². The molecule has 2 aromatic heterocycles. The van der Waals surface area contributed by atoms with Gasteiger partial charge in [0.05, 0.1) is 16.8 Å². The van der Waals surface area contributed by atoms with Gasteiger partial charge in [-0.15, -0.1) is 0 Å². The Morgan fingerprint density at radius 1 is 1.06 bits per heavy atom. The average Bonchev–Trinajstić information content (AvgIpc) is 3.41. The van der Waals surface area contributed by atoms with Crippen LogP contribution in [0.15, 0.2) is 24.4 Å². The topological polar surface area (TPSA) is 79.7 Å². The zero-order valence-corrected chi connectivity index (χ0v) is 18.7. The van der Waals surface area contributed by atoms with E-state index in [4.69, 9.17) is 16.6 Å². The summed E-state index contributed by atoms with van der Waals surface area (Å²) in [6, 6.07) is 4.14. The molecule has 2 aliphatic rings. The van der Waals surface area contributed by atoms with Gasteiger partial charge in [-0.1, -0.05) is 24.4 Å². The number of aromatic nitrogens is 4. The molecule has 33 heavy (non-hydrogen) atoms. The predicted octanol–water partition coefficient (Wildman–Crippen LogP) is 5.52. The summed E-state index contributed by atoms with van der Waals surface area (Å²) in [5.41, 5.74) is 0.898. The Kier molecular flexibility index (Phi) is 6.05. The smallest absolute Gasteiger partial charge is 0.351 e. The highest BCUT2D eigenvalue weighted by Gasteiger charge is 2.33. The SMILES string of the molecule is FC(F)(F)c1ccc(Nc2nc3cnc(NC4CCCC4)nc3n2C2CCNCC2)cc1Cl. The van der Waals surface area contributed by atoms with Crippen LogP contribution < -0.4 is 16.0 Å². The first-order chi connectivity index (χ1) is 15.9. The second-order valence-corrected chi connectivity index (χ2v) is 9.04. The molecule has 176 valence electrons. The van der Waals surface area contributed by atoms with Gasteiger partial charge >= 0.3 is 6.18 Å². The zero-order valence-electron chi connectivity index (χ0n) is 17.9. The third-order valence-corrected chi connectivity index (χ3v) is 6.64. The lowest BCUT2D eigenvalue weighted by atomic mass is 10.1. The number of rotatable bonds is 5. The fourth-order valence-corrected chi connectivity index (χ4v) is 4.95. The summed E-state index contributed by atoms with van der Waals surface area (Å²) in [7, 11) is 0. The minimum Gasteiger partial charge on any atom is -0.351 e. The number of piperidine rings is 1. The summed E-state index contributed by atoms with van der Waals surface area (Å²) in [4.78, 5) is 13.9. The van der Waals surface area contributed by atoms with Crippen molar-refractivity contribution in [1.29, 1.82) is 0 Å². The lowest BCUT2D eigenvalue weighted by Crippen LogP contribution is -2.30.